The van der Waals surface area contributed by atoms with Gasteiger partial charge in [-0.1, -0.05) is 18.2 Å². The molecule has 5 nitrogen and oxygen atoms in total. The topological polar surface area (TPSA) is 58.4 Å². The van der Waals surface area contributed by atoms with Crippen molar-refractivity contribution in [1.82, 2.24) is 9.88 Å². The Labute approximate surface area is 173 Å². The number of rotatable bonds is 4. The Balaban J connectivity index is 1.22. The number of anilines is 1. The summed E-state index contributed by atoms with van der Waals surface area (Å²) in [7, 11) is 0. The molecular weight excluding hydrogens is 382 g/mol. The minimum Gasteiger partial charge on any atom is -0.456 e. The van der Waals surface area contributed by atoms with Crippen molar-refractivity contribution in [2.45, 2.75) is 26.3 Å². The third-order valence-corrected chi connectivity index (χ3v) is 6.48. The first kappa shape index (κ1) is 18.3. The van der Waals surface area contributed by atoms with Crippen LogP contribution in [0.25, 0.3) is 21.9 Å². The van der Waals surface area contributed by atoms with Crippen LogP contribution >= 0.6 is 11.3 Å². The number of aromatic nitrogens is 1. The Kier molecular flexibility index (Phi) is 4.81. The summed E-state index contributed by atoms with van der Waals surface area (Å²) in [6.07, 6.45) is 1.75. The molecule has 0 saturated carbocycles. The second-order valence-electron chi connectivity index (χ2n) is 7.71. The zero-order valence-electron chi connectivity index (χ0n) is 16.4. The largest absolute Gasteiger partial charge is 0.456 e. The van der Waals surface area contributed by atoms with Crippen LogP contribution in [0.4, 0.5) is 5.69 Å². The number of nitrogens with zero attached hydrogens (tertiary/aromatic N) is 2. The second kappa shape index (κ2) is 7.61. The molecule has 3 heterocycles. The van der Waals surface area contributed by atoms with Gasteiger partial charge in [-0.2, -0.15) is 0 Å². The van der Waals surface area contributed by atoms with E-state index >= 15 is 0 Å². The van der Waals surface area contributed by atoms with Crippen LogP contribution in [0, 0.1) is 12.8 Å². The monoisotopic (exact) mass is 405 g/mol. The van der Waals surface area contributed by atoms with Crippen LogP contribution in [0.5, 0.6) is 0 Å². The summed E-state index contributed by atoms with van der Waals surface area (Å²) in [5.41, 5.74) is 3.60. The number of para-hydroxylation sites is 1. The molecule has 0 radical (unpaired) electrons. The minimum atomic E-state index is 0.0507. The molecule has 1 amide bonds. The van der Waals surface area contributed by atoms with E-state index in [2.05, 4.69) is 26.6 Å². The molecule has 2 aromatic carbocycles. The van der Waals surface area contributed by atoms with Gasteiger partial charge in [0.15, 0.2) is 0 Å². The average molecular weight is 406 g/mol. The van der Waals surface area contributed by atoms with Crippen molar-refractivity contribution in [2.24, 2.45) is 5.92 Å². The van der Waals surface area contributed by atoms with E-state index in [1.165, 1.54) is 0 Å². The zero-order chi connectivity index (χ0) is 19.8. The van der Waals surface area contributed by atoms with Gasteiger partial charge in [0, 0.05) is 40.4 Å². The lowest BCUT2D eigenvalue weighted by atomic mass is 9.95. The smallest absolute Gasteiger partial charge is 0.227 e. The van der Waals surface area contributed by atoms with Crippen molar-refractivity contribution in [3.8, 4) is 0 Å². The molecule has 148 valence electrons. The van der Waals surface area contributed by atoms with Gasteiger partial charge >= 0.3 is 0 Å². The van der Waals surface area contributed by atoms with Crippen molar-refractivity contribution < 1.29 is 9.21 Å². The fourth-order valence-corrected chi connectivity index (χ4v) is 4.71. The van der Waals surface area contributed by atoms with E-state index in [1.807, 2.05) is 43.3 Å². The van der Waals surface area contributed by atoms with Crippen LogP contribution in [-0.2, 0) is 11.3 Å². The predicted molar refractivity (Wildman–Crippen MR) is 117 cm³/mol. The van der Waals surface area contributed by atoms with Crippen LogP contribution in [-0.4, -0.2) is 28.9 Å². The highest BCUT2D eigenvalue weighted by Crippen LogP contribution is 2.30. The molecule has 0 bridgehead atoms. The third kappa shape index (κ3) is 3.78. The molecule has 5 rings (SSSR count). The molecule has 0 atom stereocenters. The zero-order valence-corrected chi connectivity index (χ0v) is 17.2. The van der Waals surface area contributed by atoms with E-state index in [1.54, 1.807) is 11.3 Å². The lowest BCUT2D eigenvalue weighted by molar-refractivity contribution is -0.121. The summed E-state index contributed by atoms with van der Waals surface area (Å²) in [6, 6.07) is 13.9. The van der Waals surface area contributed by atoms with Crippen LogP contribution < -0.4 is 5.32 Å². The third-order valence-electron chi connectivity index (χ3n) is 5.66. The van der Waals surface area contributed by atoms with Crippen molar-refractivity contribution in [3.05, 3.63) is 58.5 Å². The number of aryl methyl sites for hydroxylation is 1. The number of benzene rings is 2. The minimum absolute atomic E-state index is 0.0507. The molecule has 4 aromatic rings. The number of carbonyl (C=O) groups excluding carboxylic acids is 1. The van der Waals surface area contributed by atoms with E-state index in [4.69, 9.17) is 4.42 Å². The van der Waals surface area contributed by atoms with Gasteiger partial charge in [-0.3, -0.25) is 9.69 Å². The van der Waals surface area contributed by atoms with E-state index in [-0.39, 0.29) is 11.8 Å². The summed E-state index contributed by atoms with van der Waals surface area (Å²) >= 11 is 1.69. The lowest BCUT2D eigenvalue weighted by Gasteiger charge is -2.30. The van der Waals surface area contributed by atoms with E-state index in [9.17, 15) is 4.79 Å². The number of hydrogen-bond acceptors (Lipinski definition) is 5. The van der Waals surface area contributed by atoms with Crippen LogP contribution in [0.1, 0.15) is 23.5 Å². The molecule has 1 saturated heterocycles. The van der Waals surface area contributed by atoms with E-state index in [0.29, 0.717) is 0 Å². The Morgan fingerprint density at radius 3 is 2.76 bits per heavy atom. The molecular formula is C23H23N3O2S. The van der Waals surface area contributed by atoms with Gasteiger partial charge < -0.3 is 9.73 Å². The maximum atomic E-state index is 12.8. The average Bonchev–Trinajstić information content (AvgIpc) is 3.31. The van der Waals surface area contributed by atoms with Crippen LogP contribution in [0.2, 0.25) is 0 Å². The number of amides is 1. The number of likely N-dealkylation sites (tertiary alicyclic amines) is 1. The van der Waals surface area contributed by atoms with Crippen LogP contribution in [0.3, 0.4) is 0 Å². The summed E-state index contributed by atoms with van der Waals surface area (Å²) in [6.45, 7) is 4.77. The maximum absolute atomic E-state index is 12.8. The van der Waals surface area contributed by atoms with Crippen molar-refractivity contribution in [3.63, 3.8) is 0 Å². The molecule has 29 heavy (non-hydrogen) atoms. The molecule has 2 aromatic heterocycles. The number of hydrogen-bond donors (Lipinski definition) is 1. The summed E-state index contributed by atoms with van der Waals surface area (Å²) in [5.74, 6) is 0.152. The first-order valence-electron chi connectivity index (χ1n) is 10.0. The molecule has 0 unspecified atom stereocenters. The van der Waals surface area contributed by atoms with Gasteiger partial charge in [-0.05, 0) is 51.1 Å². The van der Waals surface area contributed by atoms with Crippen molar-refractivity contribution in [1.29, 1.82) is 0 Å². The maximum Gasteiger partial charge on any atom is 0.227 e. The second-order valence-corrected chi connectivity index (χ2v) is 8.77. The number of carbonyl (C=O) groups is 1. The Morgan fingerprint density at radius 2 is 1.97 bits per heavy atom. The Morgan fingerprint density at radius 1 is 1.17 bits per heavy atom. The normalized spacial score (nSPS) is 15.9. The lowest BCUT2D eigenvalue weighted by Crippen LogP contribution is -2.37. The van der Waals surface area contributed by atoms with Gasteiger partial charge in [-0.25, -0.2) is 4.98 Å². The van der Waals surface area contributed by atoms with Gasteiger partial charge in [0.2, 0.25) is 5.91 Å². The van der Waals surface area contributed by atoms with E-state index in [0.717, 1.165) is 70.8 Å². The number of furan rings is 1. The summed E-state index contributed by atoms with van der Waals surface area (Å²) in [5, 5.41) is 8.50. The van der Waals surface area contributed by atoms with Gasteiger partial charge in [0.25, 0.3) is 0 Å². The van der Waals surface area contributed by atoms with E-state index < -0.39 is 0 Å². The number of nitrogens with one attached hydrogen (secondary N) is 1. The first-order valence-corrected chi connectivity index (χ1v) is 10.9. The van der Waals surface area contributed by atoms with Crippen molar-refractivity contribution >= 4 is 44.9 Å². The van der Waals surface area contributed by atoms with Gasteiger partial charge in [0.05, 0.1) is 10.7 Å². The fraction of sp³-hybridized carbons (Fsp3) is 0.304. The molecule has 1 N–H and O–H groups in total. The molecule has 1 fully saturated rings. The molecule has 0 spiro atoms. The van der Waals surface area contributed by atoms with Gasteiger partial charge in [-0.15, -0.1) is 11.3 Å². The van der Waals surface area contributed by atoms with Crippen LogP contribution in [0.15, 0.2) is 52.3 Å². The number of piperidine rings is 1. The predicted octanol–water partition coefficient (Wildman–Crippen LogP) is 5.20. The molecule has 1 aliphatic rings. The highest BCUT2D eigenvalue weighted by atomic mass is 32.1. The Hall–Kier alpha value is -2.70. The first-order chi connectivity index (χ1) is 14.2. The Bertz CT molecular complexity index is 1170. The summed E-state index contributed by atoms with van der Waals surface area (Å²) in [4.78, 5) is 19.7. The fourth-order valence-electron chi connectivity index (χ4n) is 4.11. The van der Waals surface area contributed by atoms with Gasteiger partial charge in [0.1, 0.15) is 11.2 Å². The molecule has 6 heteroatoms. The molecule has 1 aliphatic heterocycles. The number of thiazole rings is 1. The number of fused-ring (bicyclic) bond motifs is 3. The van der Waals surface area contributed by atoms with Crippen molar-refractivity contribution in [2.75, 3.05) is 18.4 Å². The summed E-state index contributed by atoms with van der Waals surface area (Å²) < 4.78 is 5.93. The highest BCUT2D eigenvalue weighted by Gasteiger charge is 2.25. The highest BCUT2D eigenvalue weighted by molar-refractivity contribution is 7.09. The quantitative estimate of drug-likeness (QED) is 0.507. The SMILES string of the molecule is Cc1nc(CN2CCC(C(=O)Nc3ccc4c(c3)oc3ccccc34)CC2)cs1. The standard InChI is InChI=1S/C23H23N3O2S/c1-15-24-18(14-29-15)13-26-10-8-16(9-11-26)23(27)25-17-6-7-20-19-4-2-3-5-21(19)28-22(20)12-17/h2-7,12,14,16H,8-11,13H2,1H3,(H,25,27). The molecule has 0 aliphatic carbocycles.